The number of nitrogens with zero attached hydrogens (tertiary/aromatic N) is 2. The maximum atomic E-state index is 13.6. The molecule has 136 valence electrons. The van der Waals surface area contributed by atoms with Gasteiger partial charge in [0.25, 0.3) is 0 Å². The van der Waals surface area contributed by atoms with Crippen LogP contribution in [0.2, 0.25) is 0 Å². The Morgan fingerprint density at radius 1 is 0.893 bits per heavy atom. The van der Waals surface area contributed by atoms with E-state index in [4.69, 9.17) is 0 Å². The molecule has 0 N–H and O–H groups in total. The van der Waals surface area contributed by atoms with Crippen LogP contribution in [0.3, 0.4) is 0 Å². The molecule has 4 nitrogen and oxygen atoms in total. The van der Waals surface area contributed by atoms with Crippen LogP contribution >= 0.6 is 0 Å². The second-order valence-corrected chi connectivity index (χ2v) is 7.08. The number of carbonyl (C=O) groups is 2. The summed E-state index contributed by atoms with van der Waals surface area (Å²) < 4.78 is 17.0. The quantitative estimate of drug-likeness (QED) is 0.446. The van der Waals surface area contributed by atoms with Crippen molar-refractivity contribution in [1.29, 1.82) is 0 Å². The lowest BCUT2D eigenvalue weighted by Crippen LogP contribution is -2.36. The molecular formula is C23H16FN2O2+. The minimum Gasteiger partial charge on any atom is -0.284 e. The first-order valence-corrected chi connectivity index (χ1v) is 8.98. The zero-order chi connectivity index (χ0) is 19.4. The molecule has 0 amide bonds. The third kappa shape index (κ3) is 2.40. The Labute approximate surface area is 160 Å². The molecule has 3 aromatic carbocycles. The van der Waals surface area contributed by atoms with Gasteiger partial charge in [-0.25, -0.2) is 13.5 Å². The number of imidazole rings is 1. The van der Waals surface area contributed by atoms with Gasteiger partial charge >= 0.3 is 0 Å². The highest BCUT2D eigenvalue weighted by Gasteiger charge is 2.40. The standard InChI is InChI=1S/C23H16FN2O2/c1-25-13-26(12-14-5-4-8-17(24)9-14)21-20(25)22(27)18-10-15-6-2-3-7-16(15)11-19(18)23(21)28/h2-11,13H,12H2,1H3/q+1. The monoisotopic (exact) mass is 371 g/mol. The largest absolute Gasteiger partial charge is 0.284 e. The van der Waals surface area contributed by atoms with Crippen LogP contribution < -0.4 is 4.57 Å². The second kappa shape index (κ2) is 5.96. The molecule has 1 aliphatic carbocycles. The van der Waals surface area contributed by atoms with Crippen LogP contribution in [0.5, 0.6) is 0 Å². The third-order valence-corrected chi connectivity index (χ3v) is 5.22. The van der Waals surface area contributed by atoms with Crippen molar-refractivity contribution in [3.05, 3.63) is 101 Å². The second-order valence-electron chi connectivity index (χ2n) is 7.08. The number of benzene rings is 3. The van der Waals surface area contributed by atoms with E-state index in [1.165, 1.54) is 12.1 Å². The molecule has 5 rings (SSSR count). The van der Waals surface area contributed by atoms with Crippen LogP contribution in [0.15, 0.2) is 67.0 Å². The van der Waals surface area contributed by atoms with Crippen molar-refractivity contribution in [3.8, 4) is 0 Å². The summed E-state index contributed by atoms with van der Waals surface area (Å²) in [5.74, 6) is -0.690. The molecule has 1 heterocycles. The lowest BCUT2D eigenvalue weighted by Gasteiger charge is -2.14. The number of aryl methyl sites for hydroxylation is 1. The van der Waals surface area contributed by atoms with Crippen LogP contribution in [0.25, 0.3) is 10.8 Å². The van der Waals surface area contributed by atoms with Gasteiger partial charge in [-0.05, 0) is 40.6 Å². The number of halogens is 1. The number of aromatic nitrogens is 2. The predicted molar refractivity (Wildman–Crippen MR) is 102 cm³/mol. The first kappa shape index (κ1) is 16.6. The van der Waals surface area contributed by atoms with Crippen molar-refractivity contribution < 1.29 is 18.5 Å². The summed E-state index contributed by atoms with van der Waals surface area (Å²) in [6.07, 6.45) is 1.72. The number of fused-ring (bicyclic) bond motifs is 3. The maximum Gasteiger partial charge on any atom is 0.245 e. The highest BCUT2D eigenvalue weighted by Crippen LogP contribution is 2.30. The Kier molecular flexibility index (Phi) is 3.52. The van der Waals surface area contributed by atoms with Gasteiger partial charge in [-0.2, -0.15) is 0 Å². The maximum absolute atomic E-state index is 13.6. The van der Waals surface area contributed by atoms with Gasteiger partial charge < -0.3 is 0 Å². The minimum atomic E-state index is -0.331. The van der Waals surface area contributed by atoms with E-state index >= 15 is 0 Å². The summed E-state index contributed by atoms with van der Waals surface area (Å²) in [5.41, 5.74) is 2.28. The van der Waals surface area contributed by atoms with Crippen LogP contribution in [0, 0.1) is 5.82 Å². The van der Waals surface area contributed by atoms with Crippen molar-refractivity contribution in [2.45, 2.75) is 6.54 Å². The lowest BCUT2D eigenvalue weighted by atomic mass is 9.87. The minimum absolute atomic E-state index is 0.171. The number of rotatable bonds is 2. The van der Waals surface area contributed by atoms with Crippen LogP contribution in [-0.2, 0) is 13.6 Å². The van der Waals surface area contributed by atoms with Gasteiger partial charge in [-0.15, -0.1) is 0 Å². The Morgan fingerprint density at radius 2 is 1.57 bits per heavy atom. The fourth-order valence-corrected chi connectivity index (χ4v) is 3.96. The molecule has 0 unspecified atom stereocenters. The molecule has 5 heteroatoms. The van der Waals surface area contributed by atoms with E-state index in [2.05, 4.69) is 0 Å². The molecule has 0 saturated heterocycles. The Bertz CT molecular complexity index is 1300. The van der Waals surface area contributed by atoms with Crippen molar-refractivity contribution in [1.82, 2.24) is 4.57 Å². The Hall–Kier alpha value is -3.60. The van der Waals surface area contributed by atoms with Gasteiger partial charge in [0, 0.05) is 11.1 Å². The van der Waals surface area contributed by atoms with E-state index < -0.39 is 0 Å². The topological polar surface area (TPSA) is 43.0 Å². The molecule has 1 aromatic heterocycles. The molecular weight excluding hydrogens is 355 g/mol. The van der Waals surface area contributed by atoms with Crippen molar-refractivity contribution >= 4 is 22.3 Å². The third-order valence-electron chi connectivity index (χ3n) is 5.22. The molecule has 1 aliphatic rings. The normalized spacial score (nSPS) is 12.9. The molecule has 0 aliphatic heterocycles. The van der Waals surface area contributed by atoms with Gasteiger partial charge in [-0.3, -0.25) is 9.59 Å². The predicted octanol–water partition coefficient (Wildman–Crippen LogP) is 3.43. The molecule has 0 spiro atoms. The summed E-state index contributed by atoms with van der Waals surface area (Å²) in [5, 5.41) is 1.84. The Balaban J connectivity index is 1.68. The van der Waals surface area contributed by atoms with Gasteiger partial charge in [0.1, 0.15) is 12.4 Å². The van der Waals surface area contributed by atoms with Gasteiger partial charge in [-0.1, -0.05) is 36.4 Å². The molecule has 4 aromatic rings. The van der Waals surface area contributed by atoms with E-state index in [1.54, 1.807) is 46.8 Å². The van der Waals surface area contributed by atoms with E-state index in [-0.39, 0.29) is 17.4 Å². The fraction of sp³-hybridized carbons (Fsp3) is 0.0870. The number of hydrogen-bond acceptors (Lipinski definition) is 2. The zero-order valence-electron chi connectivity index (χ0n) is 15.1. The van der Waals surface area contributed by atoms with Crippen LogP contribution in [0.1, 0.15) is 37.7 Å². The summed E-state index contributed by atoms with van der Waals surface area (Å²) in [4.78, 5) is 26.5. The van der Waals surface area contributed by atoms with Crippen LogP contribution in [0.4, 0.5) is 4.39 Å². The molecule has 28 heavy (non-hydrogen) atoms. The Morgan fingerprint density at radius 3 is 2.25 bits per heavy atom. The summed E-state index contributed by atoms with van der Waals surface area (Å²) in [6.45, 7) is 0.308. The van der Waals surface area contributed by atoms with Gasteiger partial charge in [0.15, 0.2) is 0 Å². The summed E-state index contributed by atoms with van der Waals surface area (Å²) in [6, 6.07) is 17.5. The summed E-state index contributed by atoms with van der Waals surface area (Å²) in [7, 11) is 1.75. The van der Waals surface area contributed by atoms with E-state index in [0.29, 0.717) is 29.1 Å². The molecule has 0 saturated carbocycles. The van der Waals surface area contributed by atoms with Crippen molar-refractivity contribution in [2.75, 3.05) is 0 Å². The number of ketones is 2. The van der Waals surface area contributed by atoms with Crippen LogP contribution in [-0.4, -0.2) is 16.1 Å². The molecule has 0 atom stereocenters. The average molecular weight is 371 g/mol. The molecule has 0 radical (unpaired) electrons. The SMILES string of the molecule is C[n+]1cn(Cc2cccc(F)c2)c2c1C(=O)c1cc3ccccc3cc1C2=O. The average Bonchev–Trinajstić information content (AvgIpc) is 3.01. The lowest BCUT2D eigenvalue weighted by molar-refractivity contribution is -0.672. The fourth-order valence-electron chi connectivity index (χ4n) is 3.96. The first-order chi connectivity index (χ1) is 13.5. The van der Waals surface area contributed by atoms with E-state index in [9.17, 15) is 14.0 Å². The van der Waals surface area contributed by atoms with Crippen molar-refractivity contribution in [3.63, 3.8) is 0 Å². The number of carbonyl (C=O) groups excluding carboxylic acids is 2. The molecule has 0 bridgehead atoms. The molecule has 0 fully saturated rings. The van der Waals surface area contributed by atoms with E-state index in [0.717, 1.165) is 16.3 Å². The summed E-state index contributed by atoms with van der Waals surface area (Å²) >= 11 is 0. The smallest absolute Gasteiger partial charge is 0.245 e. The first-order valence-electron chi connectivity index (χ1n) is 8.98. The van der Waals surface area contributed by atoms with Gasteiger partial charge in [0.05, 0.1) is 7.05 Å². The highest BCUT2D eigenvalue weighted by molar-refractivity contribution is 6.27. The van der Waals surface area contributed by atoms with Crippen molar-refractivity contribution in [2.24, 2.45) is 7.05 Å². The highest BCUT2D eigenvalue weighted by atomic mass is 19.1. The zero-order valence-corrected chi connectivity index (χ0v) is 15.1. The van der Waals surface area contributed by atoms with Gasteiger partial charge in [0.2, 0.25) is 29.3 Å². The van der Waals surface area contributed by atoms with E-state index in [1.807, 2.05) is 24.3 Å². The number of hydrogen-bond donors (Lipinski definition) is 0.